The molecule has 3 aliphatic rings. The standard InChI is InChI=1S/C19H38N4O6/c1-9(23-2)14-7-15(12(22)8-27-14)28-17-10(20)6-11(21)18(16(17)25)29-19-13(24)4-3-5-26-19/h9-19,23-25H,3-8,20-22H2,1-2H3/t9-,10-,11+,12-,13-,14-,15+,16-,17-,18+,19-/m1/s1. The van der Waals surface area contributed by atoms with E-state index in [1.807, 2.05) is 14.0 Å². The SMILES string of the molecule is CN[C@H](C)[C@H]1C[C@H](O[C@H]2[C@@H](O)[C@@H](O[C@H]3OCCC[C@H]3O)[C@@H](N)C[C@H]2N)[C@H](N)CO1. The van der Waals surface area contributed by atoms with Crippen LogP contribution in [-0.2, 0) is 18.9 Å². The highest BCUT2D eigenvalue weighted by atomic mass is 16.7. The van der Waals surface area contributed by atoms with Crippen LogP contribution in [0.4, 0.5) is 0 Å². The predicted octanol–water partition coefficient (Wildman–Crippen LogP) is -2.23. The Morgan fingerprint density at radius 1 is 1.00 bits per heavy atom. The summed E-state index contributed by atoms with van der Waals surface area (Å²) in [7, 11) is 1.88. The van der Waals surface area contributed by atoms with Crippen molar-refractivity contribution in [3.05, 3.63) is 0 Å². The molecule has 0 unspecified atom stereocenters. The fourth-order valence-electron chi connectivity index (χ4n) is 4.37. The molecule has 0 aromatic heterocycles. The van der Waals surface area contributed by atoms with Crippen molar-refractivity contribution in [3.63, 3.8) is 0 Å². The summed E-state index contributed by atoms with van der Waals surface area (Å²) in [5.41, 5.74) is 18.7. The Kier molecular flexibility index (Phi) is 8.24. The van der Waals surface area contributed by atoms with Crippen molar-refractivity contribution in [1.82, 2.24) is 5.32 Å². The van der Waals surface area contributed by atoms with Gasteiger partial charge in [0.2, 0.25) is 0 Å². The molecule has 1 saturated carbocycles. The summed E-state index contributed by atoms with van der Waals surface area (Å²) >= 11 is 0. The Morgan fingerprint density at radius 3 is 2.34 bits per heavy atom. The van der Waals surface area contributed by atoms with Crippen LogP contribution >= 0.6 is 0 Å². The van der Waals surface area contributed by atoms with Gasteiger partial charge in [-0.05, 0) is 33.2 Å². The Bertz CT molecular complexity index is 517. The van der Waals surface area contributed by atoms with Crippen LogP contribution < -0.4 is 22.5 Å². The number of rotatable bonds is 6. The summed E-state index contributed by atoms with van der Waals surface area (Å²) < 4.78 is 23.5. The van der Waals surface area contributed by atoms with Crippen molar-refractivity contribution in [1.29, 1.82) is 0 Å². The van der Waals surface area contributed by atoms with Crippen LogP contribution in [0, 0.1) is 0 Å². The second kappa shape index (κ2) is 10.3. The van der Waals surface area contributed by atoms with Crippen LogP contribution in [-0.4, -0.2) is 97.6 Å². The summed E-state index contributed by atoms with van der Waals surface area (Å²) in [5, 5.41) is 24.3. The van der Waals surface area contributed by atoms with E-state index in [-0.39, 0.29) is 24.3 Å². The average molecular weight is 419 g/mol. The highest BCUT2D eigenvalue weighted by Crippen LogP contribution is 2.29. The number of likely N-dealkylation sites (N-methyl/N-ethyl adjacent to an activating group) is 1. The minimum atomic E-state index is -1.05. The van der Waals surface area contributed by atoms with Crippen molar-refractivity contribution in [2.75, 3.05) is 20.3 Å². The van der Waals surface area contributed by atoms with Crippen molar-refractivity contribution in [2.24, 2.45) is 17.2 Å². The minimum absolute atomic E-state index is 0.0400. The van der Waals surface area contributed by atoms with Gasteiger partial charge >= 0.3 is 0 Å². The monoisotopic (exact) mass is 418 g/mol. The lowest BCUT2D eigenvalue weighted by molar-refractivity contribution is -0.269. The summed E-state index contributed by atoms with van der Waals surface area (Å²) in [6, 6.07) is -1.11. The molecule has 2 saturated heterocycles. The number of nitrogens with one attached hydrogen (secondary N) is 1. The maximum Gasteiger partial charge on any atom is 0.183 e. The first kappa shape index (κ1) is 23.3. The predicted molar refractivity (Wildman–Crippen MR) is 106 cm³/mol. The van der Waals surface area contributed by atoms with Gasteiger partial charge in [0, 0.05) is 31.2 Å². The Labute approximate surface area is 172 Å². The van der Waals surface area contributed by atoms with Crippen LogP contribution in [0.15, 0.2) is 0 Å². The fraction of sp³-hybridized carbons (Fsp3) is 1.00. The van der Waals surface area contributed by atoms with E-state index in [9.17, 15) is 10.2 Å². The second-order valence-electron chi connectivity index (χ2n) is 8.59. The highest BCUT2D eigenvalue weighted by molar-refractivity contribution is 5.00. The Hall–Kier alpha value is -0.400. The quantitative estimate of drug-likeness (QED) is 0.278. The van der Waals surface area contributed by atoms with Gasteiger partial charge in [-0.3, -0.25) is 0 Å². The first-order chi connectivity index (χ1) is 13.8. The van der Waals surface area contributed by atoms with E-state index in [1.54, 1.807) is 0 Å². The number of hydrogen-bond acceptors (Lipinski definition) is 10. The maximum atomic E-state index is 11.0. The molecule has 0 spiro atoms. The lowest BCUT2D eigenvalue weighted by Crippen LogP contribution is -2.65. The van der Waals surface area contributed by atoms with Crippen LogP contribution in [0.25, 0.3) is 0 Å². The molecule has 0 aromatic carbocycles. The van der Waals surface area contributed by atoms with Gasteiger partial charge in [-0.2, -0.15) is 0 Å². The summed E-state index contributed by atoms with van der Waals surface area (Å²) in [6.45, 7) is 2.92. The smallest absolute Gasteiger partial charge is 0.183 e. The van der Waals surface area contributed by atoms with Gasteiger partial charge in [0.25, 0.3) is 0 Å². The molecule has 0 bridgehead atoms. The highest BCUT2D eigenvalue weighted by Gasteiger charge is 2.47. The van der Waals surface area contributed by atoms with Crippen LogP contribution in [0.1, 0.15) is 32.6 Å². The third-order valence-electron chi connectivity index (χ3n) is 6.38. The van der Waals surface area contributed by atoms with E-state index < -0.39 is 42.8 Å². The largest absolute Gasteiger partial charge is 0.388 e. The molecule has 10 heteroatoms. The van der Waals surface area contributed by atoms with Gasteiger partial charge in [-0.25, -0.2) is 0 Å². The van der Waals surface area contributed by atoms with E-state index in [1.165, 1.54) is 0 Å². The fourth-order valence-corrected chi connectivity index (χ4v) is 4.37. The first-order valence-corrected chi connectivity index (χ1v) is 10.7. The van der Waals surface area contributed by atoms with E-state index in [0.717, 1.165) is 6.42 Å². The van der Waals surface area contributed by atoms with Crippen molar-refractivity contribution >= 4 is 0 Å². The molecule has 9 N–H and O–H groups in total. The first-order valence-electron chi connectivity index (χ1n) is 10.7. The molecule has 2 heterocycles. The van der Waals surface area contributed by atoms with Gasteiger partial charge in [0.1, 0.15) is 24.4 Å². The summed E-state index contributed by atoms with van der Waals surface area (Å²) in [6.07, 6.45) is -2.01. The average Bonchev–Trinajstić information content (AvgIpc) is 2.70. The molecule has 2 aliphatic heterocycles. The molecular weight excluding hydrogens is 380 g/mol. The minimum Gasteiger partial charge on any atom is -0.388 e. The normalized spacial score (nSPS) is 47.7. The Morgan fingerprint density at radius 2 is 1.69 bits per heavy atom. The molecule has 10 nitrogen and oxygen atoms in total. The van der Waals surface area contributed by atoms with E-state index in [0.29, 0.717) is 32.5 Å². The number of aliphatic hydroxyl groups excluding tert-OH is 2. The third kappa shape index (κ3) is 5.45. The summed E-state index contributed by atoms with van der Waals surface area (Å²) in [4.78, 5) is 0. The summed E-state index contributed by atoms with van der Waals surface area (Å²) in [5.74, 6) is 0. The van der Waals surface area contributed by atoms with Gasteiger partial charge in [-0.15, -0.1) is 0 Å². The van der Waals surface area contributed by atoms with Gasteiger partial charge in [-0.1, -0.05) is 0 Å². The lowest BCUT2D eigenvalue weighted by atomic mass is 9.84. The van der Waals surface area contributed by atoms with Crippen LogP contribution in [0.3, 0.4) is 0 Å². The van der Waals surface area contributed by atoms with Gasteiger partial charge < -0.3 is 51.7 Å². The zero-order valence-corrected chi connectivity index (χ0v) is 17.4. The molecular formula is C19H38N4O6. The molecule has 3 fully saturated rings. The number of aliphatic hydroxyl groups is 2. The molecule has 1 aliphatic carbocycles. The van der Waals surface area contributed by atoms with Crippen molar-refractivity contribution in [2.45, 2.75) is 99.7 Å². The van der Waals surface area contributed by atoms with Gasteiger partial charge in [0.05, 0.1) is 24.9 Å². The molecule has 170 valence electrons. The second-order valence-corrected chi connectivity index (χ2v) is 8.59. The maximum absolute atomic E-state index is 11.0. The van der Waals surface area contributed by atoms with E-state index >= 15 is 0 Å². The number of ether oxygens (including phenoxy) is 4. The van der Waals surface area contributed by atoms with Crippen LogP contribution in [0.5, 0.6) is 0 Å². The molecule has 3 rings (SSSR count). The molecule has 0 aromatic rings. The molecule has 29 heavy (non-hydrogen) atoms. The third-order valence-corrected chi connectivity index (χ3v) is 6.38. The molecule has 0 radical (unpaired) electrons. The van der Waals surface area contributed by atoms with E-state index in [4.69, 9.17) is 36.1 Å². The van der Waals surface area contributed by atoms with Crippen molar-refractivity contribution in [3.8, 4) is 0 Å². The molecule has 0 amide bonds. The Balaban J connectivity index is 1.65. The molecule has 11 atom stereocenters. The van der Waals surface area contributed by atoms with Crippen LogP contribution in [0.2, 0.25) is 0 Å². The zero-order valence-electron chi connectivity index (χ0n) is 17.4. The number of nitrogens with two attached hydrogens (primary N) is 3. The van der Waals surface area contributed by atoms with E-state index in [2.05, 4.69) is 5.32 Å². The van der Waals surface area contributed by atoms with Crippen molar-refractivity contribution < 1.29 is 29.2 Å². The zero-order chi connectivity index (χ0) is 21.1. The topological polar surface area (TPSA) is 167 Å². The number of hydrogen-bond donors (Lipinski definition) is 6. The lowest BCUT2D eigenvalue weighted by Gasteiger charge is -2.46. The van der Waals surface area contributed by atoms with Gasteiger partial charge in [0.15, 0.2) is 6.29 Å².